The van der Waals surface area contributed by atoms with Gasteiger partial charge in [0, 0.05) is 19.3 Å². The molecule has 0 aliphatic carbocycles. The SMILES string of the molecule is CCCCC/C=C\C/C=C\CCCCCCCC(=O)OC(COC(=O)CCCCCCCCCCCCCCC)COC(=O)CCCCCCCCCCCCCCCCCCCCCCCCCCCCCCCCC. The number of carbonyl (C=O) groups is 3. The van der Waals surface area contributed by atoms with Crippen LogP contribution in [0.1, 0.15) is 393 Å². The van der Waals surface area contributed by atoms with Gasteiger partial charge in [0.25, 0.3) is 0 Å². The number of ether oxygens (including phenoxy) is 3. The van der Waals surface area contributed by atoms with Crippen LogP contribution in [0.3, 0.4) is 0 Å². The monoisotopic (exact) mass is 1080 g/mol. The number of esters is 3. The highest BCUT2D eigenvalue weighted by Crippen LogP contribution is 2.19. The van der Waals surface area contributed by atoms with Crippen LogP contribution in [0, 0.1) is 0 Å². The van der Waals surface area contributed by atoms with E-state index in [-0.39, 0.29) is 31.1 Å². The predicted molar refractivity (Wildman–Crippen MR) is 335 cm³/mol. The maximum atomic E-state index is 12.9. The second-order valence-electron chi connectivity index (χ2n) is 23.8. The van der Waals surface area contributed by atoms with E-state index in [4.69, 9.17) is 14.2 Å². The Morgan fingerprint density at radius 3 is 0.740 bits per heavy atom. The Hall–Kier alpha value is -2.11. The van der Waals surface area contributed by atoms with E-state index in [0.717, 1.165) is 77.0 Å². The molecule has 0 aliphatic heterocycles. The first-order valence-electron chi connectivity index (χ1n) is 34.8. The van der Waals surface area contributed by atoms with Crippen molar-refractivity contribution in [3.63, 3.8) is 0 Å². The van der Waals surface area contributed by atoms with Crippen molar-refractivity contribution in [3.8, 4) is 0 Å². The molecule has 0 aliphatic rings. The molecule has 0 aromatic rings. The summed E-state index contributed by atoms with van der Waals surface area (Å²) in [5, 5.41) is 0. The molecule has 0 bridgehead atoms. The van der Waals surface area contributed by atoms with Gasteiger partial charge < -0.3 is 14.2 Å². The van der Waals surface area contributed by atoms with E-state index in [2.05, 4.69) is 45.1 Å². The molecule has 0 saturated carbocycles. The molecule has 0 radical (unpaired) electrons. The number of hydrogen-bond acceptors (Lipinski definition) is 6. The Morgan fingerprint density at radius 2 is 0.468 bits per heavy atom. The van der Waals surface area contributed by atoms with Crippen LogP contribution >= 0.6 is 0 Å². The normalized spacial score (nSPS) is 12.1. The van der Waals surface area contributed by atoms with Gasteiger partial charge in [-0.25, -0.2) is 0 Å². The van der Waals surface area contributed by atoms with Crippen LogP contribution in [-0.2, 0) is 28.6 Å². The van der Waals surface area contributed by atoms with Gasteiger partial charge in [-0.3, -0.25) is 14.4 Å². The maximum absolute atomic E-state index is 12.9. The molecule has 0 N–H and O–H groups in total. The smallest absolute Gasteiger partial charge is 0.306 e. The number of unbranched alkanes of at least 4 members (excludes halogenated alkanes) is 50. The quantitative estimate of drug-likeness (QED) is 0.0261. The summed E-state index contributed by atoms with van der Waals surface area (Å²) in [5.41, 5.74) is 0. The largest absolute Gasteiger partial charge is 0.462 e. The lowest BCUT2D eigenvalue weighted by molar-refractivity contribution is -0.167. The predicted octanol–water partition coefficient (Wildman–Crippen LogP) is 23.8. The maximum Gasteiger partial charge on any atom is 0.306 e. The average molecular weight is 1080 g/mol. The van der Waals surface area contributed by atoms with Crippen LogP contribution < -0.4 is 0 Å². The first-order valence-corrected chi connectivity index (χ1v) is 34.8. The molecule has 0 heterocycles. The van der Waals surface area contributed by atoms with Crippen molar-refractivity contribution in [3.05, 3.63) is 24.3 Å². The minimum Gasteiger partial charge on any atom is -0.462 e. The molecule has 454 valence electrons. The van der Waals surface area contributed by atoms with Crippen molar-refractivity contribution in [2.45, 2.75) is 399 Å². The summed E-state index contributed by atoms with van der Waals surface area (Å²) in [4.78, 5) is 38.3. The van der Waals surface area contributed by atoms with Gasteiger partial charge in [0.05, 0.1) is 0 Å². The number of carbonyl (C=O) groups excluding carboxylic acids is 3. The highest BCUT2D eigenvalue weighted by Gasteiger charge is 2.19. The zero-order valence-electron chi connectivity index (χ0n) is 52.3. The van der Waals surface area contributed by atoms with Crippen LogP contribution in [0.25, 0.3) is 0 Å². The topological polar surface area (TPSA) is 78.9 Å². The van der Waals surface area contributed by atoms with Crippen molar-refractivity contribution in [2.75, 3.05) is 13.2 Å². The highest BCUT2D eigenvalue weighted by molar-refractivity contribution is 5.71. The summed E-state index contributed by atoms with van der Waals surface area (Å²) in [7, 11) is 0. The van der Waals surface area contributed by atoms with Crippen LogP contribution in [-0.4, -0.2) is 37.2 Å². The van der Waals surface area contributed by atoms with E-state index in [1.807, 2.05) is 0 Å². The highest BCUT2D eigenvalue weighted by atomic mass is 16.6. The summed E-state index contributed by atoms with van der Waals surface area (Å²) in [6, 6.07) is 0. The van der Waals surface area contributed by atoms with Crippen molar-refractivity contribution in [2.24, 2.45) is 0 Å². The van der Waals surface area contributed by atoms with Gasteiger partial charge >= 0.3 is 17.9 Å². The third-order valence-electron chi connectivity index (χ3n) is 16.0. The molecule has 0 fully saturated rings. The van der Waals surface area contributed by atoms with Gasteiger partial charge in [-0.05, 0) is 51.4 Å². The van der Waals surface area contributed by atoms with E-state index in [0.29, 0.717) is 19.3 Å². The third kappa shape index (κ3) is 64.6. The molecule has 0 aromatic carbocycles. The molecule has 0 rings (SSSR count). The molecule has 0 amide bonds. The first kappa shape index (κ1) is 74.9. The molecular formula is C71H134O6. The van der Waals surface area contributed by atoms with E-state index in [1.165, 1.54) is 276 Å². The van der Waals surface area contributed by atoms with Gasteiger partial charge in [-0.2, -0.15) is 0 Å². The Bertz CT molecular complexity index is 1240. The molecule has 0 aromatic heterocycles. The fourth-order valence-corrected chi connectivity index (χ4v) is 10.7. The summed E-state index contributed by atoms with van der Waals surface area (Å²) in [6.07, 6.45) is 80.8. The van der Waals surface area contributed by atoms with E-state index < -0.39 is 6.10 Å². The molecule has 6 heteroatoms. The third-order valence-corrected chi connectivity index (χ3v) is 16.0. The zero-order valence-corrected chi connectivity index (χ0v) is 52.3. The van der Waals surface area contributed by atoms with Gasteiger partial charge in [0.15, 0.2) is 6.10 Å². The fourth-order valence-electron chi connectivity index (χ4n) is 10.7. The lowest BCUT2D eigenvalue weighted by Crippen LogP contribution is -2.30. The first-order chi connectivity index (χ1) is 38.0. The van der Waals surface area contributed by atoms with E-state index >= 15 is 0 Å². The summed E-state index contributed by atoms with van der Waals surface area (Å²) in [6.45, 7) is 6.67. The second-order valence-corrected chi connectivity index (χ2v) is 23.8. The summed E-state index contributed by atoms with van der Waals surface area (Å²) < 4.78 is 16.9. The van der Waals surface area contributed by atoms with Gasteiger partial charge in [-0.1, -0.05) is 347 Å². The molecule has 77 heavy (non-hydrogen) atoms. The number of allylic oxidation sites excluding steroid dienone is 4. The molecule has 0 spiro atoms. The lowest BCUT2D eigenvalue weighted by Gasteiger charge is -2.18. The van der Waals surface area contributed by atoms with E-state index in [1.54, 1.807) is 0 Å². The standard InChI is InChI=1S/C71H134O6/c1-4-7-10-13-16-19-22-25-27-28-29-30-31-32-33-34-35-36-37-38-39-40-41-42-44-46-49-52-55-58-61-64-70(73)76-67-68(66-75-69(72)63-60-57-54-51-48-45-24-21-18-15-12-9-6-3)77-71(74)65-62-59-56-53-50-47-43-26-23-20-17-14-11-8-5-2/h17,20,26,43,68H,4-16,18-19,21-25,27-42,44-67H2,1-3H3/b20-17-,43-26-. The van der Waals surface area contributed by atoms with Gasteiger partial charge in [-0.15, -0.1) is 0 Å². The van der Waals surface area contributed by atoms with Crippen molar-refractivity contribution in [1.29, 1.82) is 0 Å². The number of hydrogen-bond donors (Lipinski definition) is 0. The van der Waals surface area contributed by atoms with Crippen molar-refractivity contribution < 1.29 is 28.6 Å². The van der Waals surface area contributed by atoms with E-state index in [9.17, 15) is 14.4 Å². The van der Waals surface area contributed by atoms with Crippen molar-refractivity contribution >= 4 is 17.9 Å². The number of rotatable bonds is 65. The lowest BCUT2D eigenvalue weighted by atomic mass is 10.0. The molecule has 0 saturated heterocycles. The zero-order chi connectivity index (χ0) is 55.7. The Balaban J connectivity index is 4.10. The minimum absolute atomic E-state index is 0.0711. The molecule has 1 unspecified atom stereocenters. The summed E-state index contributed by atoms with van der Waals surface area (Å²) >= 11 is 0. The average Bonchev–Trinajstić information content (AvgIpc) is 3.43. The summed E-state index contributed by atoms with van der Waals surface area (Å²) in [5.74, 6) is -0.857. The van der Waals surface area contributed by atoms with Crippen LogP contribution in [0.15, 0.2) is 24.3 Å². The Kier molecular flexibility index (Phi) is 64.6. The Morgan fingerprint density at radius 1 is 0.260 bits per heavy atom. The molecule has 6 nitrogen and oxygen atoms in total. The second kappa shape index (κ2) is 66.4. The molecule has 1 atom stereocenters. The van der Waals surface area contributed by atoms with Crippen LogP contribution in [0.2, 0.25) is 0 Å². The van der Waals surface area contributed by atoms with Crippen LogP contribution in [0.5, 0.6) is 0 Å². The fraction of sp³-hybridized carbons (Fsp3) is 0.901. The Labute approximate surface area is 481 Å². The van der Waals surface area contributed by atoms with Gasteiger partial charge in [0.1, 0.15) is 13.2 Å². The minimum atomic E-state index is -0.775. The van der Waals surface area contributed by atoms with Gasteiger partial charge in [0.2, 0.25) is 0 Å². The van der Waals surface area contributed by atoms with Crippen molar-refractivity contribution in [1.82, 2.24) is 0 Å². The molecular weight excluding hydrogens is 949 g/mol. The van der Waals surface area contributed by atoms with Crippen LogP contribution in [0.4, 0.5) is 0 Å².